The Hall–Kier alpha value is -1.65. The van der Waals surface area contributed by atoms with Gasteiger partial charge in [0, 0.05) is 41.5 Å². The first kappa shape index (κ1) is 27.4. The molecule has 0 amide bonds. The minimum absolute atomic E-state index is 0.0138. The second-order valence-corrected chi connectivity index (χ2v) is 12.4. The van der Waals surface area contributed by atoms with E-state index in [1.807, 2.05) is 32.0 Å². The summed E-state index contributed by atoms with van der Waals surface area (Å²) >= 11 is 3.66. The lowest BCUT2D eigenvalue weighted by atomic mass is 9.89. The van der Waals surface area contributed by atoms with Crippen LogP contribution in [-0.2, 0) is 14.2 Å². The van der Waals surface area contributed by atoms with Crippen molar-refractivity contribution < 1.29 is 24.1 Å². The fourth-order valence-corrected chi connectivity index (χ4v) is 6.49. The van der Waals surface area contributed by atoms with Crippen LogP contribution < -0.4 is 0 Å². The number of esters is 1. The summed E-state index contributed by atoms with van der Waals surface area (Å²) in [5.41, 5.74) is 0.567. The Morgan fingerprint density at radius 1 is 1.22 bits per heavy atom. The Labute approximate surface area is 224 Å². The molecule has 1 saturated heterocycles. The summed E-state index contributed by atoms with van der Waals surface area (Å²) in [4.78, 5) is 12.9. The van der Waals surface area contributed by atoms with Crippen LogP contribution in [0.25, 0.3) is 0 Å². The fourth-order valence-electron chi connectivity index (χ4n) is 5.73. The number of rotatable bonds is 6. The van der Waals surface area contributed by atoms with Gasteiger partial charge in [0.2, 0.25) is 0 Å². The van der Waals surface area contributed by atoms with E-state index in [9.17, 15) is 9.90 Å². The molecule has 0 aromatic heterocycles. The summed E-state index contributed by atoms with van der Waals surface area (Å²) < 4.78 is 19.5. The van der Waals surface area contributed by atoms with Crippen molar-refractivity contribution in [2.24, 2.45) is 29.1 Å². The number of halogens is 1. The molecule has 3 aliphatic rings. The molecule has 196 valence electrons. The highest BCUT2D eigenvalue weighted by atomic mass is 79.9. The zero-order valence-electron chi connectivity index (χ0n) is 21.8. The summed E-state index contributed by atoms with van der Waals surface area (Å²) in [5, 5.41) is 11.0. The molecule has 36 heavy (non-hydrogen) atoms. The summed E-state index contributed by atoms with van der Waals surface area (Å²) in [6.45, 7) is 9.70. The predicted molar refractivity (Wildman–Crippen MR) is 143 cm³/mol. The standard InChI is InChI=1S/C30H39BrO5/c1-5-6-8-11-20(2)27(32)25(31)15-23-24-17-30(34-18-29(3,4)19-35-30)16-22(24)14-26(23)36-28(33)21-12-9-7-10-13-21/h7,9-10,12-13,15,20,22-24,26-27,32H,5,11,14,16-19H2,1-4H3/b25-15-/t20-,22?,23+,24-,26+,27-/m0/s1. The van der Waals surface area contributed by atoms with Crippen molar-refractivity contribution in [1.29, 1.82) is 0 Å². The molecule has 6 heteroatoms. The number of fused-ring (bicyclic) bond motifs is 1. The lowest BCUT2D eigenvalue weighted by Gasteiger charge is -2.42. The third-order valence-corrected chi connectivity index (χ3v) is 8.54. The third-order valence-electron chi connectivity index (χ3n) is 7.80. The highest BCUT2D eigenvalue weighted by molar-refractivity contribution is 9.11. The van der Waals surface area contributed by atoms with Crippen molar-refractivity contribution >= 4 is 21.9 Å². The van der Waals surface area contributed by atoms with Gasteiger partial charge in [0.05, 0.1) is 24.9 Å². The Bertz CT molecular complexity index is 997. The second kappa shape index (κ2) is 11.4. The lowest BCUT2D eigenvalue weighted by Crippen LogP contribution is -2.46. The third kappa shape index (κ3) is 6.25. The Balaban J connectivity index is 1.53. The molecule has 2 saturated carbocycles. The topological polar surface area (TPSA) is 65.0 Å². The largest absolute Gasteiger partial charge is 0.458 e. The first-order valence-electron chi connectivity index (χ1n) is 13.2. The van der Waals surface area contributed by atoms with Crippen molar-refractivity contribution in [3.63, 3.8) is 0 Å². The number of carbonyl (C=O) groups excluding carboxylic acids is 1. The number of benzene rings is 1. The minimum atomic E-state index is -0.668. The number of hydrogen-bond acceptors (Lipinski definition) is 5. The van der Waals surface area contributed by atoms with Gasteiger partial charge in [-0.3, -0.25) is 0 Å². The van der Waals surface area contributed by atoms with Gasteiger partial charge in [-0.25, -0.2) is 4.79 Å². The molecule has 0 radical (unpaired) electrons. The summed E-state index contributed by atoms with van der Waals surface area (Å²) in [6, 6.07) is 9.13. The normalized spacial score (nSPS) is 30.2. The zero-order chi connectivity index (χ0) is 25.9. The minimum Gasteiger partial charge on any atom is -0.458 e. The van der Waals surface area contributed by atoms with E-state index in [2.05, 4.69) is 47.7 Å². The van der Waals surface area contributed by atoms with Gasteiger partial charge < -0.3 is 19.3 Å². The molecule has 4 rings (SSSR count). The van der Waals surface area contributed by atoms with E-state index in [1.165, 1.54) is 0 Å². The quantitative estimate of drug-likeness (QED) is 0.337. The van der Waals surface area contributed by atoms with Crippen LogP contribution in [0.1, 0.15) is 70.2 Å². The molecule has 0 bridgehead atoms. The van der Waals surface area contributed by atoms with Crippen LogP contribution in [0.15, 0.2) is 40.9 Å². The Morgan fingerprint density at radius 3 is 2.58 bits per heavy atom. The molecule has 1 aliphatic heterocycles. The molecule has 1 aromatic carbocycles. The molecular formula is C30H39BrO5. The summed E-state index contributed by atoms with van der Waals surface area (Å²) in [7, 11) is 0. The predicted octanol–water partition coefficient (Wildman–Crippen LogP) is 6.11. The highest BCUT2D eigenvalue weighted by Crippen LogP contribution is 2.56. The molecular weight excluding hydrogens is 520 g/mol. The molecule has 1 aromatic rings. The van der Waals surface area contributed by atoms with Crippen molar-refractivity contribution in [3.8, 4) is 11.8 Å². The molecule has 6 atom stereocenters. The maximum Gasteiger partial charge on any atom is 0.338 e. The van der Waals surface area contributed by atoms with Gasteiger partial charge in [0.25, 0.3) is 0 Å². The fraction of sp³-hybridized carbons (Fsp3) is 0.633. The van der Waals surface area contributed by atoms with E-state index in [1.54, 1.807) is 12.1 Å². The van der Waals surface area contributed by atoms with Crippen LogP contribution in [-0.4, -0.2) is 42.3 Å². The summed E-state index contributed by atoms with van der Waals surface area (Å²) in [5.74, 6) is 5.87. The van der Waals surface area contributed by atoms with Crippen LogP contribution in [0, 0.1) is 40.9 Å². The van der Waals surface area contributed by atoms with Crippen LogP contribution in [0.2, 0.25) is 0 Å². The van der Waals surface area contributed by atoms with E-state index < -0.39 is 11.9 Å². The zero-order valence-corrected chi connectivity index (χ0v) is 23.4. The first-order valence-corrected chi connectivity index (χ1v) is 14.0. The van der Waals surface area contributed by atoms with Crippen molar-refractivity contribution in [2.45, 2.75) is 77.8 Å². The van der Waals surface area contributed by atoms with Gasteiger partial charge in [-0.05, 0) is 36.3 Å². The molecule has 1 N–H and O–H groups in total. The smallest absolute Gasteiger partial charge is 0.338 e. The molecule has 3 fully saturated rings. The molecule has 1 heterocycles. The van der Waals surface area contributed by atoms with Gasteiger partial charge in [-0.1, -0.05) is 67.9 Å². The van der Waals surface area contributed by atoms with Gasteiger partial charge in [-0.15, -0.1) is 11.8 Å². The van der Waals surface area contributed by atoms with Crippen LogP contribution in [0.3, 0.4) is 0 Å². The Morgan fingerprint density at radius 2 is 1.92 bits per heavy atom. The van der Waals surface area contributed by atoms with Gasteiger partial charge in [0.15, 0.2) is 5.79 Å². The average Bonchev–Trinajstić information content (AvgIpc) is 3.36. The highest BCUT2D eigenvalue weighted by Gasteiger charge is 2.57. The molecule has 1 spiro atoms. The van der Waals surface area contributed by atoms with Crippen molar-refractivity contribution in [2.75, 3.05) is 13.2 Å². The molecule has 2 aliphatic carbocycles. The van der Waals surface area contributed by atoms with Gasteiger partial charge in [-0.2, -0.15) is 0 Å². The molecule has 1 unspecified atom stereocenters. The maximum absolute atomic E-state index is 12.9. The van der Waals surface area contributed by atoms with Crippen molar-refractivity contribution in [3.05, 3.63) is 46.5 Å². The molecule has 5 nitrogen and oxygen atoms in total. The van der Waals surface area contributed by atoms with E-state index in [-0.39, 0.29) is 35.2 Å². The van der Waals surface area contributed by atoms with Gasteiger partial charge in [0.1, 0.15) is 6.10 Å². The van der Waals surface area contributed by atoms with Crippen LogP contribution in [0.5, 0.6) is 0 Å². The number of carbonyl (C=O) groups is 1. The van der Waals surface area contributed by atoms with E-state index in [0.717, 1.165) is 30.2 Å². The SMILES string of the molecule is CCC#CC[C@H](C)[C@H](O)/C(Br)=C/[C@H]1[C@H](OC(=O)c2ccccc2)CC2CC3(C[C@@H]21)OCC(C)(C)CO3. The van der Waals surface area contributed by atoms with Crippen LogP contribution >= 0.6 is 15.9 Å². The number of aliphatic hydroxyl groups excluding tert-OH is 1. The van der Waals surface area contributed by atoms with Crippen molar-refractivity contribution in [1.82, 2.24) is 0 Å². The Kier molecular flexibility index (Phi) is 8.67. The van der Waals surface area contributed by atoms with E-state index in [0.29, 0.717) is 31.1 Å². The van der Waals surface area contributed by atoms with E-state index in [4.69, 9.17) is 14.2 Å². The van der Waals surface area contributed by atoms with Gasteiger partial charge >= 0.3 is 5.97 Å². The lowest BCUT2D eigenvalue weighted by molar-refractivity contribution is -0.298. The number of aliphatic hydroxyl groups is 1. The summed E-state index contributed by atoms with van der Waals surface area (Å²) in [6.07, 6.45) is 4.91. The number of hydrogen-bond donors (Lipinski definition) is 1. The monoisotopic (exact) mass is 558 g/mol. The number of ether oxygens (including phenoxy) is 3. The van der Waals surface area contributed by atoms with Crippen LogP contribution in [0.4, 0.5) is 0 Å². The average molecular weight is 560 g/mol. The van der Waals surface area contributed by atoms with E-state index >= 15 is 0 Å². The maximum atomic E-state index is 12.9. The first-order chi connectivity index (χ1) is 17.1. The second-order valence-electron chi connectivity index (χ2n) is 11.5.